The number of rotatable bonds is 4. The van der Waals surface area contributed by atoms with Crippen molar-refractivity contribution in [2.45, 2.75) is 0 Å². The molecule has 8 nitrogen and oxygen atoms in total. The molecule has 0 unspecified atom stereocenters. The van der Waals surface area contributed by atoms with Gasteiger partial charge >= 0.3 is 0 Å². The van der Waals surface area contributed by atoms with Crippen LogP contribution in [-0.4, -0.2) is 69.7 Å². The van der Waals surface area contributed by atoms with E-state index in [9.17, 15) is 24.9 Å². The second kappa shape index (κ2) is 7.86. The minimum absolute atomic E-state index is 0.0648. The van der Waals surface area contributed by atoms with Crippen LogP contribution in [-0.2, 0) is 4.79 Å². The number of carbonyl (C=O) groups is 2. The van der Waals surface area contributed by atoms with E-state index in [1.54, 1.807) is 17.0 Å². The third kappa shape index (κ3) is 4.22. The molecular weight excluding hydrogens is 352 g/mol. The molecule has 0 bridgehead atoms. The second-order valence-corrected chi connectivity index (χ2v) is 6.14. The Morgan fingerprint density at radius 1 is 0.889 bits per heavy atom. The van der Waals surface area contributed by atoms with Crippen LogP contribution in [0.2, 0.25) is 0 Å². The molecule has 2 amide bonds. The van der Waals surface area contributed by atoms with E-state index in [2.05, 4.69) is 0 Å². The molecule has 142 valence electrons. The molecule has 0 aliphatic carbocycles. The molecule has 3 rings (SSSR count). The smallest absolute Gasteiger partial charge is 0.260 e. The van der Waals surface area contributed by atoms with Gasteiger partial charge in [0.25, 0.3) is 11.8 Å². The van der Waals surface area contributed by atoms with Crippen molar-refractivity contribution in [1.82, 2.24) is 9.80 Å². The fourth-order valence-electron chi connectivity index (χ4n) is 2.82. The molecule has 0 atom stereocenters. The zero-order valence-corrected chi connectivity index (χ0v) is 14.5. The minimum Gasteiger partial charge on any atom is -0.504 e. The lowest BCUT2D eigenvalue weighted by Gasteiger charge is -2.34. The predicted octanol–water partition coefficient (Wildman–Crippen LogP) is 1.17. The van der Waals surface area contributed by atoms with Gasteiger partial charge in [0.2, 0.25) is 0 Å². The van der Waals surface area contributed by atoms with E-state index in [-0.39, 0.29) is 18.1 Å². The summed E-state index contributed by atoms with van der Waals surface area (Å²) in [5, 5.41) is 28.5. The number of phenols is 3. The number of ether oxygens (including phenoxy) is 1. The molecule has 1 fully saturated rings. The van der Waals surface area contributed by atoms with Crippen LogP contribution >= 0.6 is 0 Å². The highest BCUT2D eigenvalue weighted by Gasteiger charge is 2.26. The van der Waals surface area contributed by atoms with E-state index in [1.165, 1.54) is 4.90 Å². The fraction of sp³-hybridized carbons (Fsp3) is 0.263. The zero-order chi connectivity index (χ0) is 19.4. The van der Waals surface area contributed by atoms with Crippen LogP contribution in [0.4, 0.5) is 0 Å². The van der Waals surface area contributed by atoms with Crippen LogP contribution in [0.3, 0.4) is 0 Å². The number of hydrogen-bond donors (Lipinski definition) is 3. The van der Waals surface area contributed by atoms with Gasteiger partial charge in [-0.1, -0.05) is 18.2 Å². The highest BCUT2D eigenvalue weighted by Crippen LogP contribution is 2.35. The maximum atomic E-state index is 12.5. The molecule has 8 heteroatoms. The zero-order valence-electron chi connectivity index (χ0n) is 14.5. The Balaban J connectivity index is 1.54. The van der Waals surface area contributed by atoms with Gasteiger partial charge in [0.05, 0.1) is 0 Å². The van der Waals surface area contributed by atoms with Crippen LogP contribution in [0.5, 0.6) is 23.0 Å². The van der Waals surface area contributed by atoms with Crippen molar-refractivity contribution in [2.24, 2.45) is 0 Å². The Bertz CT molecular complexity index is 808. The van der Waals surface area contributed by atoms with Crippen molar-refractivity contribution in [2.75, 3.05) is 32.8 Å². The molecule has 1 aliphatic heterocycles. The van der Waals surface area contributed by atoms with Gasteiger partial charge in [-0.2, -0.15) is 0 Å². The Morgan fingerprint density at radius 3 is 2.04 bits per heavy atom. The third-order valence-electron chi connectivity index (χ3n) is 4.34. The Labute approximate surface area is 155 Å². The van der Waals surface area contributed by atoms with Gasteiger partial charge in [0, 0.05) is 31.7 Å². The van der Waals surface area contributed by atoms with E-state index in [4.69, 9.17) is 4.74 Å². The van der Waals surface area contributed by atoms with E-state index in [0.717, 1.165) is 12.1 Å². The normalized spacial score (nSPS) is 14.1. The molecule has 1 saturated heterocycles. The van der Waals surface area contributed by atoms with Crippen molar-refractivity contribution >= 4 is 11.8 Å². The molecule has 0 aromatic heterocycles. The van der Waals surface area contributed by atoms with Crippen LogP contribution < -0.4 is 4.74 Å². The maximum absolute atomic E-state index is 12.5. The molecule has 27 heavy (non-hydrogen) atoms. The fourth-order valence-corrected chi connectivity index (χ4v) is 2.82. The summed E-state index contributed by atoms with van der Waals surface area (Å²) in [5.41, 5.74) is 0.0648. The maximum Gasteiger partial charge on any atom is 0.260 e. The molecule has 0 radical (unpaired) electrons. The van der Waals surface area contributed by atoms with Crippen LogP contribution in [0.25, 0.3) is 0 Å². The lowest BCUT2D eigenvalue weighted by molar-refractivity contribution is -0.134. The number of piperazine rings is 1. The van der Waals surface area contributed by atoms with Crippen LogP contribution in [0.15, 0.2) is 42.5 Å². The van der Waals surface area contributed by atoms with Gasteiger partial charge in [-0.05, 0) is 24.3 Å². The number of phenolic OH excluding ortho intramolecular Hbond substituents is 3. The molecule has 1 aliphatic rings. The number of aromatic hydroxyl groups is 3. The average Bonchev–Trinajstić information content (AvgIpc) is 2.70. The molecule has 2 aromatic rings. The van der Waals surface area contributed by atoms with E-state index < -0.39 is 23.2 Å². The first-order chi connectivity index (χ1) is 13.0. The highest BCUT2D eigenvalue weighted by molar-refractivity contribution is 5.95. The van der Waals surface area contributed by atoms with Gasteiger partial charge in [-0.15, -0.1) is 0 Å². The Morgan fingerprint density at radius 2 is 1.44 bits per heavy atom. The van der Waals surface area contributed by atoms with E-state index in [1.807, 2.05) is 18.2 Å². The Hall–Kier alpha value is -3.42. The van der Waals surface area contributed by atoms with Gasteiger partial charge in [-0.25, -0.2) is 0 Å². The summed E-state index contributed by atoms with van der Waals surface area (Å²) in [6.07, 6.45) is 0. The summed E-state index contributed by atoms with van der Waals surface area (Å²) >= 11 is 0. The van der Waals surface area contributed by atoms with Crippen LogP contribution in [0.1, 0.15) is 10.4 Å². The molecule has 3 N–H and O–H groups in total. The average molecular weight is 372 g/mol. The molecule has 0 spiro atoms. The van der Waals surface area contributed by atoms with Crippen molar-refractivity contribution in [1.29, 1.82) is 0 Å². The summed E-state index contributed by atoms with van der Waals surface area (Å²) in [5.74, 6) is -1.73. The molecule has 2 aromatic carbocycles. The predicted molar refractivity (Wildman–Crippen MR) is 95.9 cm³/mol. The molecule has 1 heterocycles. The summed E-state index contributed by atoms with van der Waals surface area (Å²) in [6, 6.07) is 11.2. The SMILES string of the molecule is O=C(COc1ccccc1)N1CCN(C(=O)c2cc(O)c(O)c(O)c2)CC1. The first-order valence-electron chi connectivity index (χ1n) is 8.45. The largest absolute Gasteiger partial charge is 0.504 e. The summed E-state index contributed by atoms with van der Waals surface area (Å²) in [7, 11) is 0. The van der Waals surface area contributed by atoms with Gasteiger partial charge in [-0.3, -0.25) is 9.59 Å². The van der Waals surface area contributed by atoms with Crippen molar-refractivity contribution < 1.29 is 29.6 Å². The summed E-state index contributed by atoms with van der Waals surface area (Å²) < 4.78 is 5.45. The highest BCUT2D eigenvalue weighted by atomic mass is 16.5. The lowest BCUT2D eigenvalue weighted by Crippen LogP contribution is -2.51. The van der Waals surface area contributed by atoms with Gasteiger partial charge < -0.3 is 29.9 Å². The quantitative estimate of drug-likeness (QED) is 0.695. The standard InChI is InChI=1S/C19H20N2O6/c22-15-10-13(11-16(23)18(15)25)19(26)21-8-6-20(7-9-21)17(24)12-27-14-4-2-1-3-5-14/h1-5,10-11,22-23,25H,6-9,12H2. The molecule has 0 saturated carbocycles. The second-order valence-electron chi connectivity index (χ2n) is 6.14. The number of nitrogens with zero attached hydrogens (tertiary/aromatic N) is 2. The number of hydrogen-bond acceptors (Lipinski definition) is 6. The Kier molecular flexibility index (Phi) is 5.35. The third-order valence-corrected chi connectivity index (χ3v) is 4.34. The number of para-hydroxylation sites is 1. The first-order valence-corrected chi connectivity index (χ1v) is 8.45. The van der Waals surface area contributed by atoms with Gasteiger partial charge in [0.15, 0.2) is 23.9 Å². The first kappa shape index (κ1) is 18.4. The van der Waals surface area contributed by atoms with Crippen LogP contribution in [0, 0.1) is 0 Å². The monoisotopic (exact) mass is 372 g/mol. The van der Waals surface area contributed by atoms with Gasteiger partial charge in [0.1, 0.15) is 5.75 Å². The van der Waals surface area contributed by atoms with Crippen molar-refractivity contribution in [3.05, 3.63) is 48.0 Å². The number of carbonyl (C=O) groups excluding carboxylic acids is 2. The topological polar surface area (TPSA) is 111 Å². The van der Waals surface area contributed by atoms with Crippen molar-refractivity contribution in [3.8, 4) is 23.0 Å². The molecular formula is C19H20N2O6. The summed E-state index contributed by atoms with van der Waals surface area (Å²) in [6.45, 7) is 1.28. The van der Waals surface area contributed by atoms with E-state index in [0.29, 0.717) is 31.9 Å². The summed E-state index contributed by atoms with van der Waals surface area (Å²) in [4.78, 5) is 27.9. The number of benzene rings is 2. The minimum atomic E-state index is -0.666. The lowest BCUT2D eigenvalue weighted by atomic mass is 10.1. The number of amides is 2. The van der Waals surface area contributed by atoms with Crippen molar-refractivity contribution in [3.63, 3.8) is 0 Å². The van der Waals surface area contributed by atoms with E-state index >= 15 is 0 Å².